The molecule has 2 aromatic heterocycles. The van der Waals surface area contributed by atoms with Crippen LogP contribution in [0, 0.1) is 10.1 Å². The number of rotatable bonds is 3. The fourth-order valence-electron chi connectivity index (χ4n) is 2.81. The predicted molar refractivity (Wildman–Crippen MR) is 109 cm³/mol. The Hall–Kier alpha value is -3.91. The average molecular weight is 462 g/mol. The van der Waals surface area contributed by atoms with Crippen LogP contribution in [-0.2, 0) is 10.0 Å². The number of hydrazone groups is 1. The van der Waals surface area contributed by atoms with Crippen molar-refractivity contribution in [3.05, 3.63) is 71.1 Å². The molecule has 0 aliphatic carbocycles. The van der Waals surface area contributed by atoms with Gasteiger partial charge < -0.3 is 4.57 Å². The van der Waals surface area contributed by atoms with Gasteiger partial charge in [-0.15, -0.1) is 14.7 Å². The number of anilines is 1. The van der Waals surface area contributed by atoms with Crippen molar-refractivity contribution in [1.82, 2.24) is 18.9 Å². The van der Waals surface area contributed by atoms with E-state index in [2.05, 4.69) is 25.4 Å². The van der Waals surface area contributed by atoms with Crippen LogP contribution in [0.2, 0.25) is 0 Å². The van der Waals surface area contributed by atoms with Crippen molar-refractivity contribution in [1.29, 1.82) is 0 Å². The van der Waals surface area contributed by atoms with E-state index in [0.29, 0.717) is 14.5 Å². The molecule has 1 aliphatic heterocycles. The molecule has 0 saturated carbocycles. The summed E-state index contributed by atoms with van der Waals surface area (Å²) < 4.78 is 29.6. The Morgan fingerprint density at radius 2 is 1.97 bits per heavy atom. The number of fused-ring (bicyclic) bond motifs is 1. The maximum absolute atomic E-state index is 13.5. The number of halogens is 1. The van der Waals surface area contributed by atoms with Gasteiger partial charge in [-0.05, 0) is 23.4 Å². The Morgan fingerprint density at radius 3 is 2.61 bits per heavy atom. The molecule has 13 nitrogen and oxygen atoms in total. The average Bonchev–Trinajstić information content (AvgIpc) is 3.30. The molecule has 0 unspecified atom stereocenters. The summed E-state index contributed by atoms with van der Waals surface area (Å²) in [5.74, 6) is -0.121. The van der Waals surface area contributed by atoms with Crippen molar-refractivity contribution in [3.8, 4) is 5.69 Å². The van der Waals surface area contributed by atoms with E-state index in [1.54, 1.807) is 12.1 Å². The van der Waals surface area contributed by atoms with E-state index < -0.39 is 31.2 Å². The Bertz CT molecular complexity index is 1310. The van der Waals surface area contributed by atoms with E-state index in [1.807, 2.05) is 0 Å². The van der Waals surface area contributed by atoms with Crippen LogP contribution in [0.4, 0.5) is 11.4 Å². The van der Waals surface area contributed by atoms with Crippen molar-refractivity contribution >= 4 is 39.0 Å². The van der Waals surface area contributed by atoms with Crippen LogP contribution < -0.4 is 4.53 Å². The lowest BCUT2D eigenvalue weighted by molar-refractivity contribution is -0.384. The second-order valence-electron chi connectivity index (χ2n) is 6.06. The van der Waals surface area contributed by atoms with E-state index in [4.69, 9.17) is 11.8 Å². The van der Waals surface area contributed by atoms with Crippen molar-refractivity contribution in [2.24, 2.45) is 15.4 Å². The summed E-state index contributed by atoms with van der Waals surface area (Å²) in [7, 11) is -3.29. The molecule has 15 heteroatoms. The molecule has 31 heavy (non-hydrogen) atoms. The monoisotopic (exact) mass is 461 g/mol. The maximum atomic E-state index is 13.5. The quantitative estimate of drug-likeness (QED) is 0.330. The summed E-state index contributed by atoms with van der Waals surface area (Å²) in [5.41, 5.74) is -0.662. The molecule has 1 aromatic carbocycles. The number of hydrogen-bond donors (Lipinski definition) is 0. The van der Waals surface area contributed by atoms with Gasteiger partial charge in [0.1, 0.15) is 4.90 Å². The highest BCUT2D eigenvalue weighted by Gasteiger charge is 2.37. The topological polar surface area (TPSA) is 152 Å². The Labute approximate surface area is 180 Å². The number of benzene rings is 1. The normalized spacial score (nSPS) is 17.2. The number of nitro benzene ring substituents is 1. The third kappa shape index (κ3) is 3.57. The van der Waals surface area contributed by atoms with Gasteiger partial charge in [0.15, 0.2) is 5.69 Å². The van der Waals surface area contributed by atoms with Crippen molar-refractivity contribution < 1.29 is 13.3 Å². The molecule has 1 aliphatic rings. The van der Waals surface area contributed by atoms with Crippen LogP contribution in [0.15, 0.2) is 75.7 Å². The minimum Gasteiger partial charge on any atom is -0.305 e. The van der Waals surface area contributed by atoms with Gasteiger partial charge >= 0.3 is 0 Å². The molecule has 158 valence electrons. The van der Waals surface area contributed by atoms with Crippen LogP contribution in [0.5, 0.6) is 0 Å². The van der Waals surface area contributed by atoms with E-state index in [0.717, 1.165) is 6.07 Å². The zero-order chi connectivity index (χ0) is 22.2. The number of nitrogens with zero attached hydrogens (tertiary/aromatic N) is 9. The van der Waals surface area contributed by atoms with Gasteiger partial charge in [-0.1, -0.05) is 0 Å². The first kappa shape index (κ1) is 20.4. The molecule has 0 bridgehead atoms. The SMILES string of the molecule is CN1/N=C(/c2cccnc2)N=NN(Cl)c2c([N+](=O)[O-])ccc(-n3ccnc3)c2S1(=O)=O. The highest BCUT2D eigenvalue weighted by molar-refractivity contribution is 7.89. The Balaban J connectivity index is 2.05. The van der Waals surface area contributed by atoms with E-state index >= 15 is 0 Å². The first-order valence-corrected chi connectivity index (χ1v) is 10.2. The number of imidazole rings is 1. The number of amidine groups is 1. The summed E-state index contributed by atoms with van der Waals surface area (Å²) >= 11 is 6.20. The zero-order valence-electron chi connectivity index (χ0n) is 15.6. The predicted octanol–water partition coefficient (Wildman–Crippen LogP) is 2.50. The molecule has 0 N–H and O–H groups in total. The number of nitro groups is 1. The molecule has 3 aromatic rings. The van der Waals surface area contributed by atoms with Gasteiger partial charge in [0.2, 0.25) is 5.84 Å². The lowest BCUT2D eigenvalue weighted by atomic mass is 10.2. The van der Waals surface area contributed by atoms with Gasteiger partial charge in [-0.3, -0.25) is 15.1 Å². The van der Waals surface area contributed by atoms with Gasteiger partial charge in [0.05, 0.1) is 16.9 Å². The van der Waals surface area contributed by atoms with E-state index in [1.165, 1.54) is 48.8 Å². The first-order valence-electron chi connectivity index (χ1n) is 8.46. The maximum Gasteiger partial charge on any atom is 0.297 e. The third-order valence-electron chi connectivity index (χ3n) is 4.23. The molecule has 0 atom stereocenters. The molecule has 0 spiro atoms. The fraction of sp³-hybridized carbons (Fsp3) is 0.0625. The van der Waals surface area contributed by atoms with Gasteiger partial charge in [-0.2, -0.15) is 12.8 Å². The van der Waals surface area contributed by atoms with Crippen molar-refractivity contribution in [2.75, 3.05) is 11.6 Å². The number of aromatic nitrogens is 3. The zero-order valence-corrected chi connectivity index (χ0v) is 17.2. The molecule has 4 rings (SSSR count). The second kappa shape index (κ2) is 7.73. The third-order valence-corrected chi connectivity index (χ3v) is 6.16. The summed E-state index contributed by atoms with van der Waals surface area (Å²) in [4.78, 5) is 18.2. The highest BCUT2D eigenvalue weighted by Crippen LogP contribution is 2.42. The largest absolute Gasteiger partial charge is 0.305 e. The molecule has 0 radical (unpaired) electrons. The van der Waals surface area contributed by atoms with Crippen molar-refractivity contribution in [2.45, 2.75) is 4.90 Å². The van der Waals surface area contributed by atoms with E-state index in [9.17, 15) is 18.5 Å². The van der Waals surface area contributed by atoms with Gasteiger partial charge in [0.25, 0.3) is 15.7 Å². The Morgan fingerprint density at radius 1 is 1.16 bits per heavy atom. The van der Waals surface area contributed by atoms with Crippen molar-refractivity contribution in [3.63, 3.8) is 0 Å². The Kier molecular flexibility index (Phi) is 5.08. The van der Waals surface area contributed by atoms with Gasteiger partial charge in [0, 0.05) is 55.2 Å². The number of sulfonamides is 1. The fourth-order valence-corrected chi connectivity index (χ4v) is 4.39. The minimum absolute atomic E-state index is 0.0610. The molecule has 3 heterocycles. The minimum atomic E-state index is -4.46. The highest BCUT2D eigenvalue weighted by atomic mass is 35.5. The lowest BCUT2D eigenvalue weighted by Gasteiger charge is -2.20. The van der Waals surface area contributed by atoms with Crippen LogP contribution in [0.3, 0.4) is 0 Å². The number of hydrogen-bond acceptors (Lipinski definition) is 10. The molecule has 0 amide bonds. The van der Waals surface area contributed by atoms with Gasteiger partial charge in [-0.25, -0.2) is 4.98 Å². The van der Waals surface area contributed by atoms with Crippen LogP contribution in [0.1, 0.15) is 5.56 Å². The summed E-state index contributed by atoms with van der Waals surface area (Å²) in [6.45, 7) is 0. The molecule has 0 saturated heterocycles. The summed E-state index contributed by atoms with van der Waals surface area (Å²) in [6, 6.07) is 5.59. The second-order valence-corrected chi connectivity index (χ2v) is 8.27. The van der Waals surface area contributed by atoms with Crippen LogP contribution in [-0.4, -0.2) is 45.2 Å². The molecular weight excluding hydrogens is 450 g/mol. The molecule has 0 fully saturated rings. The lowest BCUT2D eigenvalue weighted by Crippen LogP contribution is -2.25. The van der Waals surface area contributed by atoms with Crippen LogP contribution in [0.25, 0.3) is 5.69 Å². The standard InChI is InChI=1S/C16H12ClN9O4S/c1-23-21-16(11-3-2-6-18-9-11)20-22-25(17)14-12(26(27)28)4-5-13(15(14)31(23,29)30)24-8-7-19-10-24/h2-10H,1H3/b21-16-,22-20?. The molecular formula is C16H12ClN9O4S. The summed E-state index contributed by atoms with van der Waals surface area (Å²) in [5, 5.41) is 23.3. The van der Waals surface area contributed by atoms with Crippen LogP contribution >= 0.6 is 11.8 Å². The first-order chi connectivity index (χ1) is 14.8. The smallest absolute Gasteiger partial charge is 0.297 e. The number of pyridine rings is 1. The van der Waals surface area contributed by atoms with E-state index in [-0.39, 0.29) is 11.5 Å². The summed E-state index contributed by atoms with van der Waals surface area (Å²) in [6.07, 6.45) is 7.17.